The van der Waals surface area contributed by atoms with Gasteiger partial charge in [0.2, 0.25) is 11.8 Å². The summed E-state index contributed by atoms with van der Waals surface area (Å²) < 4.78 is 5.43. The summed E-state index contributed by atoms with van der Waals surface area (Å²) >= 11 is 1.60. The van der Waals surface area contributed by atoms with Crippen molar-refractivity contribution < 1.29 is 19.1 Å². The first-order valence-electron chi connectivity index (χ1n) is 12.6. The molecule has 0 aromatic heterocycles. The number of hydrogen-bond donors (Lipinski definition) is 2. The smallest absolute Gasteiger partial charge is 0.408 e. The summed E-state index contributed by atoms with van der Waals surface area (Å²) in [6.45, 7) is 13.6. The summed E-state index contributed by atoms with van der Waals surface area (Å²) in [6.07, 6.45) is 4.45. The van der Waals surface area contributed by atoms with Gasteiger partial charge in [-0.15, -0.1) is 0 Å². The normalized spacial score (nSPS) is 13.2. The maximum atomic E-state index is 14.0. The Morgan fingerprint density at radius 1 is 1.09 bits per heavy atom. The van der Waals surface area contributed by atoms with E-state index in [1.165, 1.54) is 0 Å². The molecule has 0 bridgehead atoms. The molecule has 0 aliphatic heterocycles. The summed E-state index contributed by atoms with van der Waals surface area (Å²) in [7, 11) is 0. The summed E-state index contributed by atoms with van der Waals surface area (Å²) in [5.41, 5.74) is 1.04. The van der Waals surface area contributed by atoms with Crippen LogP contribution < -0.4 is 10.6 Å². The molecule has 198 valence electrons. The lowest BCUT2D eigenvalue weighted by Crippen LogP contribution is -2.54. The van der Waals surface area contributed by atoms with E-state index in [2.05, 4.69) is 17.6 Å². The highest BCUT2D eigenvalue weighted by Crippen LogP contribution is 2.27. The number of benzene rings is 1. The van der Waals surface area contributed by atoms with Crippen molar-refractivity contribution in [2.75, 3.05) is 18.6 Å². The molecule has 2 unspecified atom stereocenters. The zero-order valence-electron chi connectivity index (χ0n) is 22.8. The van der Waals surface area contributed by atoms with Crippen molar-refractivity contribution in [3.8, 4) is 0 Å². The molecule has 1 aromatic rings. The second-order valence-electron chi connectivity index (χ2n) is 10.1. The van der Waals surface area contributed by atoms with Crippen LogP contribution in [0, 0.1) is 6.92 Å². The topological polar surface area (TPSA) is 87.7 Å². The highest BCUT2D eigenvalue weighted by molar-refractivity contribution is 7.98. The predicted octanol–water partition coefficient (Wildman–Crippen LogP) is 5.23. The van der Waals surface area contributed by atoms with Gasteiger partial charge in [-0.25, -0.2) is 4.79 Å². The number of unbranched alkanes of at least 4 members (excludes halogenated alkanes) is 2. The van der Waals surface area contributed by atoms with Crippen molar-refractivity contribution in [3.63, 3.8) is 0 Å². The van der Waals surface area contributed by atoms with Crippen molar-refractivity contribution in [1.29, 1.82) is 0 Å². The third kappa shape index (κ3) is 10.9. The van der Waals surface area contributed by atoms with E-state index >= 15 is 0 Å². The third-order valence-corrected chi connectivity index (χ3v) is 6.00. The zero-order chi connectivity index (χ0) is 26.6. The maximum absolute atomic E-state index is 14.0. The average molecular weight is 508 g/mol. The second-order valence-corrected chi connectivity index (χ2v) is 11.1. The van der Waals surface area contributed by atoms with Gasteiger partial charge in [0.15, 0.2) is 0 Å². The zero-order valence-corrected chi connectivity index (χ0v) is 23.6. The van der Waals surface area contributed by atoms with Crippen LogP contribution in [0.2, 0.25) is 0 Å². The second kappa shape index (κ2) is 15.0. The van der Waals surface area contributed by atoms with Gasteiger partial charge in [0, 0.05) is 12.6 Å². The number of hydrogen-bond acceptors (Lipinski definition) is 5. The third-order valence-electron chi connectivity index (χ3n) is 5.36. The molecule has 0 heterocycles. The Bertz CT molecular complexity index is 823. The molecule has 0 fully saturated rings. The number of carbonyl (C=O) groups excluding carboxylic acids is 3. The standard InChI is InChI=1S/C27H45N3O4S/c1-9-10-13-17-30(23(24(31)28-19(2)3)21-15-12-11-14-20(21)4)25(32)22(16-18-35-8)29-26(33)34-27(5,6)7/h11-12,14-15,19,22-23H,9-10,13,16-18H2,1-8H3,(H,28,31)(H,29,33). The fourth-order valence-corrected chi connectivity index (χ4v) is 4.22. The van der Waals surface area contributed by atoms with Gasteiger partial charge in [-0.05, 0) is 77.5 Å². The first-order valence-corrected chi connectivity index (χ1v) is 14.0. The lowest BCUT2D eigenvalue weighted by atomic mass is 9.97. The maximum Gasteiger partial charge on any atom is 0.408 e. The van der Waals surface area contributed by atoms with Crippen molar-refractivity contribution >= 4 is 29.7 Å². The Kier molecular flexibility index (Phi) is 13.2. The molecule has 7 nitrogen and oxygen atoms in total. The number of rotatable bonds is 13. The Balaban J connectivity index is 3.45. The quantitative estimate of drug-likeness (QED) is 0.357. The van der Waals surface area contributed by atoms with Gasteiger partial charge in [-0.3, -0.25) is 9.59 Å². The number of nitrogens with zero attached hydrogens (tertiary/aromatic N) is 1. The molecule has 0 aliphatic rings. The van der Waals surface area contributed by atoms with Gasteiger partial charge < -0.3 is 20.3 Å². The van der Waals surface area contributed by atoms with E-state index in [4.69, 9.17) is 4.74 Å². The molecule has 8 heteroatoms. The SMILES string of the molecule is CCCCCN(C(=O)C(CCSC)NC(=O)OC(C)(C)C)C(C(=O)NC(C)C)c1ccccc1C. The monoisotopic (exact) mass is 507 g/mol. The molecule has 35 heavy (non-hydrogen) atoms. The largest absolute Gasteiger partial charge is 0.444 e. The number of ether oxygens (including phenoxy) is 1. The molecular weight excluding hydrogens is 462 g/mol. The van der Waals surface area contributed by atoms with E-state index in [0.717, 1.165) is 30.4 Å². The van der Waals surface area contributed by atoms with E-state index in [1.54, 1.807) is 37.4 Å². The highest BCUT2D eigenvalue weighted by Gasteiger charge is 2.36. The Labute approximate surface area is 216 Å². The number of thioether (sulfide) groups is 1. The van der Waals surface area contributed by atoms with Gasteiger partial charge in [0.05, 0.1) is 0 Å². The van der Waals surface area contributed by atoms with Crippen LogP contribution in [0.5, 0.6) is 0 Å². The molecule has 1 aromatic carbocycles. The summed E-state index contributed by atoms with van der Waals surface area (Å²) in [6, 6.07) is 6.00. The van der Waals surface area contributed by atoms with E-state index < -0.39 is 23.8 Å². The van der Waals surface area contributed by atoms with Crippen LogP contribution in [-0.4, -0.2) is 59.0 Å². The molecule has 0 saturated carbocycles. The summed E-state index contributed by atoms with van der Waals surface area (Å²) in [5, 5.41) is 5.78. The van der Waals surface area contributed by atoms with E-state index in [1.807, 2.05) is 51.3 Å². The molecule has 2 atom stereocenters. The van der Waals surface area contributed by atoms with Crippen molar-refractivity contribution in [3.05, 3.63) is 35.4 Å². The lowest BCUT2D eigenvalue weighted by molar-refractivity contribution is -0.142. The van der Waals surface area contributed by atoms with Gasteiger partial charge in [0.25, 0.3) is 0 Å². The molecule has 0 saturated heterocycles. The van der Waals surface area contributed by atoms with Gasteiger partial charge in [0.1, 0.15) is 17.7 Å². The number of carbonyl (C=O) groups is 3. The number of nitrogens with one attached hydrogen (secondary N) is 2. The summed E-state index contributed by atoms with van der Waals surface area (Å²) in [4.78, 5) is 41.8. The van der Waals surface area contributed by atoms with Crippen LogP contribution in [0.15, 0.2) is 24.3 Å². The van der Waals surface area contributed by atoms with Gasteiger partial charge in [-0.2, -0.15) is 11.8 Å². The summed E-state index contributed by atoms with van der Waals surface area (Å²) in [5.74, 6) is 0.190. The Morgan fingerprint density at radius 2 is 1.74 bits per heavy atom. The molecule has 2 N–H and O–H groups in total. The van der Waals surface area contributed by atoms with E-state index in [0.29, 0.717) is 18.7 Å². The van der Waals surface area contributed by atoms with Crippen molar-refractivity contribution in [1.82, 2.24) is 15.5 Å². The lowest BCUT2D eigenvalue weighted by Gasteiger charge is -2.35. The fraction of sp³-hybridized carbons (Fsp3) is 0.667. The average Bonchev–Trinajstić information content (AvgIpc) is 2.74. The van der Waals surface area contributed by atoms with E-state index in [9.17, 15) is 14.4 Å². The van der Waals surface area contributed by atoms with Gasteiger partial charge >= 0.3 is 6.09 Å². The van der Waals surface area contributed by atoms with Crippen LogP contribution in [-0.2, 0) is 14.3 Å². The molecular formula is C27H45N3O4S. The van der Waals surface area contributed by atoms with Crippen molar-refractivity contribution in [2.45, 2.75) is 97.9 Å². The number of alkyl carbamates (subject to hydrolysis) is 1. The van der Waals surface area contributed by atoms with Gasteiger partial charge in [-0.1, -0.05) is 44.0 Å². The molecule has 0 aliphatic carbocycles. The van der Waals surface area contributed by atoms with Crippen LogP contribution in [0.4, 0.5) is 4.79 Å². The van der Waals surface area contributed by atoms with Crippen LogP contribution in [0.25, 0.3) is 0 Å². The molecule has 0 spiro atoms. The molecule has 3 amide bonds. The Hall–Kier alpha value is -2.22. The predicted molar refractivity (Wildman–Crippen MR) is 145 cm³/mol. The van der Waals surface area contributed by atoms with Crippen LogP contribution in [0.1, 0.15) is 84.4 Å². The fourth-order valence-electron chi connectivity index (χ4n) is 3.75. The van der Waals surface area contributed by atoms with Crippen LogP contribution in [0.3, 0.4) is 0 Å². The minimum Gasteiger partial charge on any atom is -0.444 e. The van der Waals surface area contributed by atoms with E-state index in [-0.39, 0.29) is 17.9 Å². The minimum absolute atomic E-state index is 0.0752. The first-order chi connectivity index (χ1) is 16.4. The number of aryl methyl sites for hydroxylation is 1. The Morgan fingerprint density at radius 3 is 2.29 bits per heavy atom. The highest BCUT2D eigenvalue weighted by atomic mass is 32.2. The first kappa shape index (κ1) is 30.8. The minimum atomic E-state index is -0.794. The molecule has 1 rings (SSSR count). The molecule has 0 radical (unpaired) electrons. The van der Waals surface area contributed by atoms with Crippen molar-refractivity contribution in [2.24, 2.45) is 0 Å². The van der Waals surface area contributed by atoms with Crippen LogP contribution >= 0.6 is 11.8 Å². The number of amides is 3.